The van der Waals surface area contributed by atoms with Crippen molar-refractivity contribution in [3.05, 3.63) is 54.1 Å². The molecular formula is C17H25N3. The van der Waals surface area contributed by atoms with Crippen molar-refractivity contribution in [2.45, 2.75) is 45.7 Å². The lowest BCUT2D eigenvalue weighted by Crippen LogP contribution is -2.16. The summed E-state index contributed by atoms with van der Waals surface area (Å²) in [7, 11) is 0. The molecule has 20 heavy (non-hydrogen) atoms. The van der Waals surface area contributed by atoms with Crippen LogP contribution in [0.5, 0.6) is 0 Å². The molecule has 3 nitrogen and oxygen atoms in total. The van der Waals surface area contributed by atoms with Crippen LogP contribution in [0.2, 0.25) is 0 Å². The molecule has 2 rings (SSSR count). The van der Waals surface area contributed by atoms with E-state index >= 15 is 0 Å². The number of nitrogens with two attached hydrogens (primary N) is 1. The number of unbranched alkanes of at least 4 members (excludes halogenated alkanes) is 1. The van der Waals surface area contributed by atoms with Crippen LogP contribution < -0.4 is 5.73 Å². The summed E-state index contributed by atoms with van der Waals surface area (Å²) in [6.45, 7) is 5.55. The van der Waals surface area contributed by atoms with Crippen LogP contribution in [-0.2, 0) is 6.54 Å². The van der Waals surface area contributed by atoms with Crippen LogP contribution in [0, 0.1) is 5.92 Å². The molecule has 1 aromatic heterocycles. The quantitative estimate of drug-likeness (QED) is 0.779. The highest BCUT2D eigenvalue weighted by Crippen LogP contribution is 2.19. The monoisotopic (exact) mass is 271 g/mol. The molecule has 1 heterocycles. The van der Waals surface area contributed by atoms with Gasteiger partial charge < -0.3 is 10.3 Å². The third-order valence-electron chi connectivity index (χ3n) is 3.65. The first-order valence-electron chi connectivity index (χ1n) is 7.49. The van der Waals surface area contributed by atoms with Gasteiger partial charge >= 0.3 is 0 Å². The lowest BCUT2D eigenvalue weighted by Gasteiger charge is -2.15. The molecule has 0 aliphatic carbocycles. The van der Waals surface area contributed by atoms with Crippen molar-refractivity contribution >= 4 is 0 Å². The van der Waals surface area contributed by atoms with E-state index in [0.717, 1.165) is 23.7 Å². The van der Waals surface area contributed by atoms with Crippen molar-refractivity contribution in [2.75, 3.05) is 0 Å². The summed E-state index contributed by atoms with van der Waals surface area (Å²) >= 11 is 0. The summed E-state index contributed by atoms with van der Waals surface area (Å²) in [5, 5.41) is 0. The topological polar surface area (TPSA) is 43.8 Å². The molecule has 2 aromatic rings. The molecule has 0 aliphatic rings. The highest BCUT2D eigenvalue weighted by Gasteiger charge is 2.13. The molecule has 2 N–H and O–H groups in total. The first-order chi connectivity index (χ1) is 9.68. The van der Waals surface area contributed by atoms with Crippen molar-refractivity contribution in [1.29, 1.82) is 0 Å². The maximum Gasteiger partial charge on any atom is 0.0948 e. The van der Waals surface area contributed by atoms with Gasteiger partial charge in [0.15, 0.2) is 0 Å². The Morgan fingerprint density at radius 1 is 1.15 bits per heavy atom. The smallest absolute Gasteiger partial charge is 0.0948 e. The highest BCUT2D eigenvalue weighted by atomic mass is 15.1. The fraction of sp³-hybridized carbons (Fsp3) is 0.471. The van der Waals surface area contributed by atoms with E-state index in [1.807, 2.05) is 30.7 Å². The van der Waals surface area contributed by atoms with Gasteiger partial charge in [-0.3, -0.25) is 0 Å². The zero-order valence-electron chi connectivity index (χ0n) is 12.5. The Morgan fingerprint density at radius 3 is 2.60 bits per heavy atom. The first kappa shape index (κ1) is 14.8. The third-order valence-corrected chi connectivity index (χ3v) is 3.65. The van der Waals surface area contributed by atoms with Gasteiger partial charge in [-0.15, -0.1) is 0 Å². The molecule has 0 saturated carbocycles. The van der Waals surface area contributed by atoms with Gasteiger partial charge in [0.1, 0.15) is 0 Å². The molecular weight excluding hydrogens is 246 g/mol. The summed E-state index contributed by atoms with van der Waals surface area (Å²) < 4.78 is 2.19. The van der Waals surface area contributed by atoms with E-state index in [2.05, 4.69) is 35.5 Å². The van der Waals surface area contributed by atoms with Gasteiger partial charge in [-0.05, 0) is 17.9 Å². The first-order valence-corrected chi connectivity index (χ1v) is 7.49. The number of hydrogen-bond acceptors (Lipinski definition) is 2. The molecule has 0 saturated heterocycles. The van der Waals surface area contributed by atoms with Crippen molar-refractivity contribution in [3.63, 3.8) is 0 Å². The van der Waals surface area contributed by atoms with Crippen LogP contribution >= 0.6 is 0 Å². The van der Waals surface area contributed by atoms with E-state index < -0.39 is 0 Å². The van der Waals surface area contributed by atoms with Gasteiger partial charge in [0, 0.05) is 6.54 Å². The van der Waals surface area contributed by atoms with Crippen LogP contribution in [0.1, 0.15) is 50.4 Å². The predicted molar refractivity (Wildman–Crippen MR) is 83.4 cm³/mol. The fourth-order valence-electron chi connectivity index (χ4n) is 2.44. The number of hydrogen-bond donors (Lipinski definition) is 1. The third kappa shape index (κ3) is 3.94. The largest absolute Gasteiger partial charge is 0.333 e. The van der Waals surface area contributed by atoms with E-state index in [4.69, 9.17) is 5.73 Å². The van der Waals surface area contributed by atoms with E-state index in [0.29, 0.717) is 0 Å². The van der Waals surface area contributed by atoms with E-state index in [1.165, 1.54) is 19.3 Å². The number of aromatic nitrogens is 2. The summed E-state index contributed by atoms with van der Waals surface area (Å²) in [5.41, 5.74) is 8.59. The molecule has 3 heteroatoms. The number of nitrogens with zero attached hydrogens (tertiary/aromatic N) is 2. The second-order valence-electron chi connectivity index (χ2n) is 5.79. The SMILES string of the molecule is CC(C)CCCCn1cncc1C(N)c1ccccc1. The molecule has 108 valence electrons. The summed E-state index contributed by atoms with van der Waals surface area (Å²) in [6, 6.07) is 10.1. The molecule has 0 fully saturated rings. The van der Waals surface area contributed by atoms with Crippen molar-refractivity contribution in [1.82, 2.24) is 9.55 Å². The molecule has 1 atom stereocenters. The van der Waals surface area contributed by atoms with Crippen molar-refractivity contribution in [2.24, 2.45) is 11.7 Å². The molecule has 1 unspecified atom stereocenters. The fourth-order valence-corrected chi connectivity index (χ4v) is 2.44. The molecule has 0 spiro atoms. The van der Waals surface area contributed by atoms with Crippen LogP contribution in [0.15, 0.2) is 42.9 Å². The van der Waals surface area contributed by atoms with Crippen LogP contribution in [-0.4, -0.2) is 9.55 Å². The molecule has 1 aromatic carbocycles. The Kier molecular flexibility index (Phi) is 5.36. The lowest BCUT2D eigenvalue weighted by molar-refractivity contribution is 0.501. The van der Waals surface area contributed by atoms with Crippen LogP contribution in [0.4, 0.5) is 0 Å². The second-order valence-corrected chi connectivity index (χ2v) is 5.79. The summed E-state index contributed by atoms with van der Waals surface area (Å²) in [4.78, 5) is 4.27. The lowest BCUT2D eigenvalue weighted by atomic mass is 10.0. The zero-order chi connectivity index (χ0) is 14.4. The van der Waals surface area contributed by atoms with Gasteiger partial charge in [-0.25, -0.2) is 4.98 Å². The van der Waals surface area contributed by atoms with Crippen LogP contribution in [0.3, 0.4) is 0 Å². The van der Waals surface area contributed by atoms with Crippen LogP contribution in [0.25, 0.3) is 0 Å². The zero-order valence-corrected chi connectivity index (χ0v) is 12.5. The number of rotatable bonds is 7. The minimum Gasteiger partial charge on any atom is -0.333 e. The van der Waals surface area contributed by atoms with Gasteiger partial charge in [-0.2, -0.15) is 0 Å². The minimum atomic E-state index is -0.0937. The minimum absolute atomic E-state index is 0.0937. The Labute approximate surface area is 121 Å². The Hall–Kier alpha value is -1.61. The second kappa shape index (κ2) is 7.25. The average molecular weight is 271 g/mol. The number of aryl methyl sites for hydroxylation is 1. The van der Waals surface area contributed by atoms with Crippen molar-refractivity contribution in [3.8, 4) is 0 Å². The predicted octanol–water partition coefficient (Wildman–Crippen LogP) is 3.76. The highest BCUT2D eigenvalue weighted by molar-refractivity contribution is 5.26. The van der Waals surface area contributed by atoms with E-state index in [-0.39, 0.29) is 6.04 Å². The molecule has 0 bridgehead atoms. The molecule has 0 aliphatic heterocycles. The Bertz CT molecular complexity index is 502. The van der Waals surface area contributed by atoms with Crippen molar-refractivity contribution < 1.29 is 0 Å². The Morgan fingerprint density at radius 2 is 1.90 bits per heavy atom. The normalized spacial score (nSPS) is 12.8. The molecule has 0 amide bonds. The summed E-state index contributed by atoms with van der Waals surface area (Å²) in [5.74, 6) is 0.781. The maximum atomic E-state index is 6.35. The average Bonchev–Trinajstić information content (AvgIpc) is 2.92. The van der Waals surface area contributed by atoms with E-state index in [1.54, 1.807) is 0 Å². The standard InChI is InChI=1S/C17H25N3/c1-14(2)8-6-7-11-20-13-19-12-16(20)17(18)15-9-4-3-5-10-15/h3-5,9-10,12-14,17H,6-8,11,18H2,1-2H3. The maximum absolute atomic E-state index is 6.35. The van der Waals surface area contributed by atoms with Gasteiger partial charge in [0.05, 0.1) is 24.3 Å². The number of benzene rings is 1. The number of imidazole rings is 1. The molecule has 0 radical (unpaired) electrons. The van der Waals surface area contributed by atoms with Gasteiger partial charge in [-0.1, -0.05) is 57.0 Å². The van der Waals surface area contributed by atoms with E-state index in [9.17, 15) is 0 Å². The summed E-state index contributed by atoms with van der Waals surface area (Å²) in [6.07, 6.45) is 7.52. The van der Waals surface area contributed by atoms with Gasteiger partial charge in [0.25, 0.3) is 0 Å². The Balaban J connectivity index is 1.98. The van der Waals surface area contributed by atoms with Gasteiger partial charge in [0.2, 0.25) is 0 Å².